The molecule has 1 aromatic rings. The lowest BCUT2D eigenvalue weighted by molar-refractivity contribution is 0.252. The fraction of sp³-hybridized carbons (Fsp3) is 0.733. The molecule has 1 aliphatic carbocycles. The number of nitrogens with zero attached hydrogens (tertiary/aromatic N) is 2. The smallest absolute Gasteiger partial charge is 0.148 e. The zero-order valence-electron chi connectivity index (χ0n) is 11.9. The number of hydrogen-bond donors (Lipinski definition) is 1. The van der Waals surface area contributed by atoms with Crippen LogP contribution in [0.25, 0.3) is 0 Å². The fourth-order valence-electron chi connectivity index (χ4n) is 3.27. The first kappa shape index (κ1) is 13.3. The molecule has 2 rings (SSSR count). The molecule has 1 heterocycles. The van der Waals surface area contributed by atoms with Crippen LogP contribution in [0.1, 0.15) is 51.5 Å². The van der Waals surface area contributed by atoms with Gasteiger partial charge in [0.05, 0.1) is 6.20 Å². The standard InChI is InChI=1S/C15H25N3/c1-12(2)9-15(6-4-5-7-15)11-16-14-8-13(3)10-17-18-14/h8,10,12H,4-7,9,11H2,1-3H3,(H,16,18). The SMILES string of the molecule is Cc1cnnc(NCC2(CC(C)C)CCCC2)c1. The molecule has 1 aromatic heterocycles. The molecular weight excluding hydrogens is 222 g/mol. The van der Waals surface area contributed by atoms with Gasteiger partial charge in [-0.05, 0) is 49.1 Å². The summed E-state index contributed by atoms with van der Waals surface area (Å²) in [6, 6.07) is 2.07. The Kier molecular flexibility index (Phi) is 4.20. The number of rotatable bonds is 5. The highest BCUT2D eigenvalue weighted by molar-refractivity contribution is 5.35. The second-order valence-corrected chi connectivity index (χ2v) is 6.28. The highest BCUT2D eigenvalue weighted by Gasteiger charge is 2.34. The summed E-state index contributed by atoms with van der Waals surface area (Å²) in [4.78, 5) is 0. The van der Waals surface area contributed by atoms with E-state index >= 15 is 0 Å². The maximum Gasteiger partial charge on any atom is 0.148 e. The summed E-state index contributed by atoms with van der Waals surface area (Å²) in [6.45, 7) is 7.75. The second kappa shape index (κ2) is 5.68. The third-order valence-corrected chi connectivity index (χ3v) is 3.94. The van der Waals surface area contributed by atoms with Crippen molar-refractivity contribution in [2.75, 3.05) is 11.9 Å². The second-order valence-electron chi connectivity index (χ2n) is 6.28. The average Bonchev–Trinajstić information content (AvgIpc) is 2.75. The Morgan fingerprint density at radius 3 is 2.67 bits per heavy atom. The van der Waals surface area contributed by atoms with Crippen LogP contribution in [0.15, 0.2) is 12.3 Å². The van der Waals surface area contributed by atoms with Gasteiger partial charge in [0.15, 0.2) is 0 Å². The van der Waals surface area contributed by atoms with Gasteiger partial charge in [-0.15, -0.1) is 5.10 Å². The molecule has 0 spiro atoms. The van der Waals surface area contributed by atoms with Crippen molar-refractivity contribution in [3.8, 4) is 0 Å². The van der Waals surface area contributed by atoms with Gasteiger partial charge in [0, 0.05) is 6.54 Å². The Labute approximate surface area is 110 Å². The summed E-state index contributed by atoms with van der Waals surface area (Å²) in [7, 11) is 0. The van der Waals surface area contributed by atoms with Crippen LogP contribution in [-0.4, -0.2) is 16.7 Å². The first-order valence-electron chi connectivity index (χ1n) is 7.13. The predicted octanol–water partition coefficient (Wildman–Crippen LogP) is 3.80. The van der Waals surface area contributed by atoms with Crippen LogP contribution >= 0.6 is 0 Å². The number of anilines is 1. The van der Waals surface area contributed by atoms with Crippen molar-refractivity contribution >= 4 is 5.82 Å². The van der Waals surface area contributed by atoms with Crippen LogP contribution in [0.4, 0.5) is 5.82 Å². The van der Waals surface area contributed by atoms with Gasteiger partial charge in [0.25, 0.3) is 0 Å². The lowest BCUT2D eigenvalue weighted by Crippen LogP contribution is -2.28. The quantitative estimate of drug-likeness (QED) is 0.860. The molecule has 0 unspecified atom stereocenters. The monoisotopic (exact) mass is 247 g/mol. The Hall–Kier alpha value is -1.12. The lowest BCUT2D eigenvalue weighted by Gasteiger charge is -2.31. The highest BCUT2D eigenvalue weighted by atomic mass is 15.2. The summed E-state index contributed by atoms with van der Waals surface area (Å²) in [5.74, 6) is 1.69. The molecule has 100 valence electrons. The molecule has 18 heavy (non-hydrogen) atoms. The third kappa shape index (κ3) is 3.44. The minimum Gasteiger partial charge on any atom is -0.368 e. The van der Waals surface area contributed by atoms with Crippen LogP contribution in [0.5, 0.6) is 0 Å². The van der Waals surface area contributed by atoms with Crippen molar-refractivity contribution < 1.29 is 0 Å². The third-order valence-electron chi connectivity index (χ3n) is 3.94. The molecule has 1 N–H and O–H groups in total. The molecule has 0 atom stereocenters. The van der Waals surface area contributed by atoms with E-state index in [0.29, 0.717) is 5.41 Å². The van der Waals surface area contributed by atoms with Crippen molar-refractivity contribution in [1.82, 2.24) is 10.2 Å². The maximum atomic E-state index is 4.15. The lowest BCUT2D eigenvalue weighted by atomic mass is 9.78. The molecule has 0 aromatic carbocycles. The zero-order chi connectivity index (χ0) is 13.0. The maximum absolute atomic E-state index is 4.15. The van der Waals surface area contributed by atoms with Gasteiger partial charge < -0.3 is 5.32 Å². The zero-order valence-corrected chi connectivity index (χ0v) is 11.9. The van der Waals surface area contributed by atoms with Gasteiger partial charge in [-0.3, -0.25) is 0 Å². The van der Waals surface area contributed by atoms with Gasteiger partial charge in [-0.1, -0.05) is 26.7 Å². The molecule has 0 bridgehead atoms. The molecule has 1 fully saturated rings. The van der Waals surface area contributed by atoms with E-state index in [1.807, 2.05) is 0 Å². The summed E-state index contributed by atoms with van der Waals surface area (Å²) in [6.07, 6.45) is 8.60. The van der Waals surface area contributed by atoms with E-state index in [2.05, 4.69) is 42.4 Å². The largest absolute Gasteiger partial charge is 0.368 e. The topological polar surface area (TPSA) is 37.8 Å². The van der Waals surface area contributed by atoms with Crippen LogP contribution in [0.3, 0.4) is 0 Å². The molecule has 0 amide bonds. The first-order chi connectivity index (χ1) is 8.60. The van der Waals surface area contributed by atoms with E-state index in [1.165, 1.54) is 32.1 Å². The normalized spacial score (nSPS) is 18.2. The molecule has 1 saturated carbocycles. The van der Waals surface area contributed by atoms with E-state index in [4.69, 9.17) is 0 Å². The Bertz CT molecular complexity index is 381. The number of aromatic nitrogens is 2. The van der Waals surface area contributed by atoms with Gasteiger partial charge >= 0.3 is 0 Å². The number of aryl methyl sites for hydroxylation is 1. The summed E-state index contributed by atoms with van der Waals surface area (Å²) >= 11 is 0. The molecule has 3 nitrogen and oxygen atoms in total. The van der Waals surface area contributed by atoms with Crippen molar-refractivity contribution in [3.05, 3.63) is 17.8 Å². The van der Waals surface area contributed by atoms with E-state index in [0.717, 1.165) is 23.8 Å². The van der Waals surface area contributed by atoms with Crippen molar-refractivity contribution in [1.29, 1.82) is 0 Å². The first-order valence-corrected chi connectivity index (χ1v) is 7.13. The van der Waals surface area contributed by atoms with Gasteiger partial charge in [0.2, 0.25) is 0 Å². The number of hydrogen-bond acceptors (Lipinski definition) is 3. The van der Waals surface area contributed by atoms with Gasteiger partial charge in [0.1, 0.15) is 5.82 Å². The van der Waals surface area contributed by atoms with Crippen LogP contribution in [0, 0.1) is 18.3 Å². The summed E-state index contributed by atoms with van der Waals surface area (Å²) in [5, 5.41) is 11.7. The highest BCUT2D eigenvalue weighted by Crippen LogP contribution is 2.43. The van der Waals surface area contributed by atoms with E-state index in [1.54, 1.807) is 6.20 Å². The molecule has 3 heteroatoms. The van der Waals surface area contributed by atoms with Crippen molar-refractivity contribution in [3.63, 3.8) is 0 Å². The predicted molar refractivity (Wildman–Crippen MR) is 75.6 cm³/mol. The van der Waals surface area contributed by atoms with E-state index in [-0.39, 0.29) is 0 Å². The van der Waals surface area contributed by atoms with Crippen LogP contribution in [-0.2, 0) is 0 Å². The number of nitrogens with one attached hydrogen (secondary N) is 1. The Balaban J connectivity index is 1.97. The Morgan fingerprint density at radius 1 is 1.33 bits per heavy atom. The summed E-state index contributed by atoms with van der Waals surface area (Å²) in [5.41, 5.74) is 1.65. The molecule has 1 aliphatic rings. The van der Waals surface area contributed by atoms with Crippen molar-refractivity contribution in [2.24, 2.45) is 11.3 Å². The van der Waals surface area contributed by atoms with E-state index < -0.39 is 0 Å². The Morgan fingerprint density at radius 2 is 2.06 bits per heavy atom. The van der Waals surface area contributed by atoms with E-state index in [9.17, 15) is 0 Å². The average molecular weight is 247 g/mol. The van der Waals surface area contributed by atoms with Gasteiger partial charge in [-0.2, -0.15) is 5.10 Å². The molecule has 0 saturated heterocycles. The van der Waals surface area contributed by atoms with Gasteiger partial charge in [-0.25, -0.2) is 0 Å². The summed E-state index contributed by atoms with van der Waals surface area (Å²) < 4.78 is 0. The van der Waals surface area contributed by atoms with Crippen LogP contribution < -0.4 is 5.32 Å². The fourth-order valence-corrected chi connectivity index (χ4v) is 3.27. The van der Waals surface area contributed by atoms with Crippen LogP contribution in [0.2, 0.25) is 0 Å². The minimum atomic E-state index is 0.486. The molecular formula is C15H25N3. The van der Waals surface area contributed by atoms with Crippen molar-refractivity contribution in [2.45, 2.75) is 52.9 Å². The minimum absolute atomic E-state index is 0.486. The molecule has 0 radical (unpaired) electrons. The molecule has 0 aliphatic heterocycles.